The molecule has 1 N–H and O–H groups in total. The predicted octanol–water partition coefficient (Wildman–Crippen LogP) is 3.33. The molecule has 2 amide bonds. The SMILES string of the molecule is CO[C@H]1CN(C)C(=O)[C@@H]2C[C@@H](CN2c2nc(N3C4CC3CN(C(=O)CS(C)(=O)=O)C4)nc3c2cnn3-c2ccc(F)cc2F)Nc2cccc(n2)-c2cc(F)cc3nc(C)n(c23)C1. The highest BCUT2D eigenvalue weighted by Crippen LogP contribution is 2.40. The molecule has 21 heteroatoms. The van der Waals surface area contributed by atoms with Crippen molar-refractivity contribution in [2.45, 2.75) is 56.6 Å². The number of imidazole rings is 1. The third kappa shape index (κ3) is 7.25. The zero-order chi connectivity index (χ0) is 44.1. The molecule has 4 aromatic heterocycles. The maximum atomic E-state index is 15.5. The van der Waals surface area contributed by atoms with E-state index in [2.05, 4.69) is 15.4 Å². The summed E-state index contributed by atoms with van der Waals surface area (Å²) in [5.41, 5.74) is 2.40. The van der Waals surface area contributed by atoms with E-state index in [-0.39, 0.29) is 67.5 Å². The molecule has 6 bridgehead atoms. The maximum absolute atomic E-state index is 15.5. The first-order chi connectivity index (χ1) is 30.1. The fourth-order valence-electron chi connectivity index (χ4n) is 9.61. The van der Waals surface area contributed by atoms with Crippen molar-refractivity contribution in [2.75, 3.05) is 67.5 Å². The second kappa shape index (κ2) is 15.2. The number of halogens is 3. The van der Waals surface area contributed by atoms with Crippen molar-refractivity contribution < 1.29 is 35.9 Å². The second-order valence-electron chi connectivity index (χ2n) is 16.9. The highest BCUT2D eigenvalue weighted by atomic mass is 32.2. The van der Waals surface area contributed by atoms with E-state index in [1.165, 1.54) is 34.0 Å². The number of carbonyl (C=O) groups is 2. The number of likely N-dealkylation sites (N-methyl/N-ethyl adjacent to an activating group) is 1. The molecule has 2 aromatic carbocycles. The Balaban J connectivity index is 1.07. The molecule has 8 heterocycles. The Kier molecular flexibility index (Phi) is 9.81. The summed E-state index contributed by atoms with van der Waals surface area (Å²) in [6, 6.07) is 9.78. The summed E-state index contributed by atoms with van der Waals surface area (Å²) in [6.45, 7) is 3.06. The molecular weight excluding hydrogens is 842 g/mol. The van der Waals surface area contributed by atoms with Crippen molar-refractivity contribution in [2.24, 2.45) is 0 Å². The van der Waals surface area contributed by atoms with Gasteiger partial charge in [0, 0.05) is 70.3 Å². The van der Waals surface area contributed by atoms with Crippen LogP contribution in [0.3, 0.4) is 0 Å². The van der Waals surface area contributed by atoms with Crippen LogP contribution in [0.15, 0.2) is 54.7 Å². The predicted molar refractivity (Wildman–Crippen MR) is 227 cm³/mol. The van der Waals surface area contributed by atoms with E-state index >= 15 is 8.78 Å². The number of hydrogen-bond donors (Lipinski definition) is 1. The lowest BCUT2D eigenvalue weighted by atomic mass is 9.88. The summed E-state index contributed by atoms with van der Waals surface area (Å²) < 4.78 is 77.9. The van der Waals surface area contributed by atoms with E-state index in [4.69, 9.17) is 19.7 Å². The molecule has 2 unspecified atom stereocenters. The summed E-state index contributed by atoms with van der Waals surface area (Å²) in [7, 11) is -0.261. The number of pyridine rings is 1. The van der Waals surface area contributed by atoms with Crippen LogP contribution in [0.25, 0.3) is 39.0 Å². The number of likely N-dealkylation sites (tertiary alicyclic amines) is 1. The summed E-state index contributed by atoms with van der Waals surface area (Å²) in [5.74, 6) is -1.65. The molecule has 0 spiro atoms. The van der Waals surface area contributed by atoms with E-state index in [0.29, 0.717) is 64.5 Å². The van der Waals surface area contributed by atoms with Crippen molar-refractivity contribution in [3.63, 3.8) is 0 Å². The minimum atomic E-state index is -3.55. The maximum Gasteiger partial charge on any atom is 0.245 e. The quantitative estimate of drug-likeness (QED) is 0.258. The van der Waals surface area contributed by atoms with E-state index in [1.54, 1.807) is 19.1 Å². The molecule has 0 saturated carbocycles. The number of piperazine rings is 1. The van der Waals surface area contributed by atoms with Crippen molar-refractivity contribution in [1.82, 2.24) is 44.1 Å². The molecule has 0 aliphatic carbocycles. The van der Waals surface area contributed by atoms with Crippen LogP contribution >= 0.6 is 0 Å². The number of aromatic nitrogens is 7. The topological polar surface area (TPSA) is 177 Å². The second-order valence-corrected chi connectivity index (χ2v) is 19.0. The first-order valence-corrected chi connectivity index (χ1v) is 22.6. The van der Waals surface area contributed by atoms with E-state index in [1.807, 2.05) is 39.5 Å². The number of piperidine rings is 1. The standard InChI is InChI=1S/C42H43F3N12O5S/c1-22-47-33-12-24(44)10-29-32-6-5-7-36(49-32)48-25-13-35(41(59)52(2)19-28(62-3)20-54(22)38(29)33)55(16-25)39-30-15-46-57(34-9-8-23(43)11-31(34)45)40(30)51-42(50-39)56-26-14-27(56)18-53(17-26)37(58)21-63(4,60)61/h5-12,15,25-28,35H,13-14,16-21H2,1-4H3,(H,48,49)/t25-,26?,27?,28-,35-/m0/s1. The van der Waals surface area contributed by atoms with Gasteiger partial charge in [-0.05, 0) is 50.1 Å². The van der Waals surface area contributed by atoms with Crippen LogP contribution in [0.2, 0.25) is 0 Å². The number of rotatable bonds is 6. The molecule has 17 nitrogen and oxygen atoms in total. The molecular formula is C42H43F3N12O5S. The van der Waals surface area contributed by atoms with Gasteiger partial charge >= 0.3 is 0 Å². The van der Waals surface area contributed by atoms with Crippen LogP contribution in [0.4, 0.5) is 30.8 Å². The van der Waals surface area contributed by atoms with Crippen LogP contribution < -0.4 is 15.1 Å². The van der Waals surface area contributed by atoms with Crippen LogP contribution in [0.5, 0.6) is 0 Å². The van der Waals surface area contributed by atoms with Crippen LogP contribution in [0, 0.1) is 24.4 Å². The Bertz CT molecular complexity index is 2950. The Labute approximate surface area is 359 Å². The monoisotopic (exact) mass is 884 g/mol. The zero-order valence-electron chi connectivity index (χ0n) is 34.7. The normalized spacial score (nSPS) is 22.6. The number of amides is 2. The number of fused-ring (bicyclic) bond motifs is 8. The minimum Gasteiger partial charge on any atom is -0.378 e. The van der Waals surface area contributed by atoms with Gasteiger partial charge in [0.15, 0.2) is 21.3 Å². The lowest BCUT2D eigenvalue weighted by molar-refractivity contribution is -0.133. The number of carbonyl (C=O) groups excluding carboxylic acids is 2. The van der Waals surface area contributed by atoms with Crippen LogP contribution in [-0.4, -0.2) is 147 Å². The number of nitrogens with one attached hydrogen (secondary N) is 1. The summed E-state index contributed by atoms with van der Waals surface area (Å²) in [5, 5.41) is 8.45. The highest BCUT2D eigenvalue weighted by molar-refractivity contribution is 7.91. The fourth-order valence-corrected chi connectivity index (χ4v) is 10.2. The molecule has 4 aliphatic heterocycles. The van der Waals surface area contributed by atoms with Crippen molar-refractivity contribution in [3.8, 4) is 16.9 Å². The lowest BCUT2D eigenvalue weighted by Crippen LogP contribution is -2.70. The third-order valence-corrected chi connectivity index (χ3v) is 13.3. The smallest absolute Gasteiger partial charge is 0.245 e. The Morgan fingerprint density at radius 2 is 1.73 bits per heavy atom. The lowest BCUT2D eigenvalue weighted by Gasteiger charge is -2.56. The van der Waals surface area contributed by atoms with Crippen LogP contribution in [0.1, 0.15) is 18.7 Å². The van der Waals surface area contributed by atoms with Gasteiger partial charge < -0.3 is 34.2 Å². The number of aryl methyl sites for hydroxylation is 1. The Morgan fingerprint density at radius 1 is 0.937 bits per heavy atom. The van der Waals surface area contributed by atoms with Gasteiger partial charge in [-0.25, -0.2) is 36.2 Å². The largest absolute Gasteiger partial charge is 0.378 e. The van der Waals surface area contributed by atoms with E-state index < -0.39 is 51.1 Å². The first kappa shape index (κ1) is 40.7. The summed E-state index contributed by atoms with van der Waals surface area (Å²) in [6.07, 6.45) is 3.02. The third-order valence-electron chi connectivity index (χ3n) is 12.5. The highest BCUT2D eigenvalue weighted by Gasteiger charge is 2.48. The summed E-state index contributed by atoms with van der Waals surface area (Å²) in [4.78, 5) is 54.5. The fraction of sp³-hybridized carbons (Fsp3) is 0.405. The van der Waals surface area contributed by atoms with Gasteiger partial charge in [0.2, 0.25) is 17.8 Å². The molecule has 3 fully saturated rings. The van der Waals surface area contributed by atoms with Gasteiger partial charge in [0.05, 0.1) is 53.0 Å². The minimum absolute atomic E-state index is 0.0541. The molecule has 328 valence electrons. The molecule has 3 saturated heterocycles. The van der Waals surface area contributed by atoms with Gasteiger partial charge in [-0.2, -0.15) is 15.1 Å². The number of ether oxygens (including phenoxy) is 1. The number of sulfone groups is 1. The van der Waals surface area contributed by atoms with Crippen LogP contribution in [-0.2, 0) is 30.7 Å². The van der Waals surface area contributed by atoms with E-state index in [9.17, 15) is 22.4 Å². The van der Waals surface area contributed by atoms with Crippen molar-refractivity contribution >= 4 is 61.3 Å². The van der Waals surface area contributed by atoms with Gasteiger partial charge in [0.25, 0.3) is 0 Å². The van der Waals surface area contributed by atoms with Gasteiger partial charge in [-0.3, -0.25) is 9.59 Å². The number of benzene rings is 2. The van der Waals surface area contributed by atoms with Crippen molar-refractivity contribution in [1.29, 1.82) is 0 Å². The number of anilines is 3. The first-order valence-electron chi connectivity index (χ1n) is 20.5. The zero-order valence-corrected chi connectivity index (χ0v) is 35.6. The Hall–Kier alpha value is -6.35. The molecule has 0 radical (unpaired) electrons. The van der Waals surface area contributed by atoms with Gasteiger partial charge in [0.1, 0.15) is 46.6 Å². The number of hydrogen-bond acceptors (Lipinski definition) is 13. The number of nitrogens with zero attached hydrogens (tertiary/aromatic N) is 11. The molecule has 63 heavy (non-hydrogen) atoms. The van der Waals surface area contributed by atoms with Gasteiger partial charge in [-0.15, -0.1) is 0 Å². The average molecular weight is 885 g/mol. The molecule has 5 atom stereocenters. The van der Waals surface area contributed by atoms with Gasteiger partial charge in [-0.1, -0.05) is 6.07 Å². The van der Waals surface area contributed by atoms with Crippen molar-refractivity contribution in [3.05, 3.63) is 78.0 Å². The molecule has 6 aromatic rings. The average Bonchev–Trinajstić information content (AvgIpc) is 3.93. The Morgan fingerprint density at radius 3 is 2.48 bits per heavy atom. The summed E-state index contributed by atoms with van der Waals surface area (Å²) >= 11 is 0. The molecule has 10 rings (SSSR count). The number of methoxy groups -OCH3 is 1. The van der Waals surface area contributed by atoms with E-state index in [0.717, 1.165) is 18.4 Å². The molecule has 4 aliphatic rings.